The number of thioether (sulfide) groups is 1. The van der Waals surface area contributed by atoms with E-state index in [4.69, 9.17) is 10.5 Å². The molecule has 5 nitrogen and oxygen atoms in total. The Kier molecular flexibility index (Phi) is 5.47. The van der Waals surface area contributed by atoms with Gasteiger partial charge in [-0.15, -0.1) is 11.3 Å². The fourth-order valence-corrected chi connectivity index (χ4v) is 5.26. The molecule has 8 heteroatoms. The topological polar surface area (TPSA) is 81.3 Å². The summed E-state index contributed by atoms with van der Waals surface area (Å²) in [5.41, 5.74) is 7.53. The van der Waals surface area contributed by atoms with Gasteiger partial charge >= 0.3 is 0 Å². The lowest BCUT2D eigenvalue weighted by molar-refractivity contribution is 0.126. The number of aryl methyl sites for hydroxylation is 2. The number of anilines is 1. The van der Waals surface area contributed by atoms with Crippen molar-refractivity contribution in [2.45, 2.75) is 36.9 Å². The fourth-order valence-electron chi connectivity index (χ4n) is 3.17. The minimum absolute atomic E-state index is 0.115. The summed E-state index contributed by atoms with van der Waals surface area (Å²) in [7, 11) is 0. The SMILES string of the molecule is Nc1nc(SCC(O)COc2ccc(F)cc2)nc2sc3c(c12)CCCC3. The van der Waals surface area contributed by atoms with Crippen LogP contribution in [0.3, 0.4) is 0 Å². The molecule has 0 fully saturated rings. The molecule has 0 aliphatic heterocycles. The molecule has 27 heavy (non-hydrogen) atoms. The summed E-state index contributed by atoms with van der Waals surface area (Å²) >= 11 is 3.06. The van der Waals surface area contributed by atoms with Crippen molar-refractivity contribution >= 4 is 39.1 Å². The van der Waals surface area contributed by atoms with Gasteiger partial charge < -0.3 is 15.6 Å². The first kappa shape index (κ1) is 18.5. The zero-order valence-corrected chi connectivity index (χ0v) is 16.3. The third-order valence-corrected chi connectivity index (χ3v) is 6.66. The van der Waals surface area contributed by atoms with Gasteiger partial charge in [-0.2, -0.15) is 0 Å². The number of aliphatic hydroxyl groups is 1. The van der Waals surface area contributed by atoms with Crippen LogP contribution in [0.5, 0.6) is 5.75 Å². The standard InChI is InChI=1S/C19H20FN3O2S2/c20-11-5-7-13(8-6-11)25-9-12(24)10-26-19-22-17(21)16-14-3-1-2-4-15(14)27-18(16)23-19/h5-8,12,24H,1-4,9-10H2,(H2,21,22,23). The molecular formula is C19H20FN3O2S2. The van der Waals surface area contributed by atoms with Crippen LogP contribution in [0, 0.1) is 5.82 Å². The molecule has 3 aromatic rings. The highest BCUT2D eigenvalue weighted by atomic mass is 32.2. The van der Waals surface area contributed by atoms with Gasteiger partial charge in [-0.1, -0.05) is 11.8 Å². The van der Waals surface area contributed by atoms with Gasteiger partial charge in [-0.3, -0.25) is 0 Å². The molecule has 0 bridgehead atoms. The van der Waals surface area contributed by atoms with Crippen LogP contribution in [-0.4, -0.2) is 33.5 Å². The molecule has 1 aliphatic carbocycles. The number of hydrogen-bond donors (Lipinski definition) is 2. The summed E-state index contributed by atoms with van der Waals surface area (Å²) in [6, 6.07) is 5.71. The van der Waals surface area contributed by atoms with E-state index in [9.17, 15) is 9.50 Å². The molecule has 0 saturated carbocycles. The predicted octanol–water partition coefficient (Wildman–Crippen LogP) is 3.82. The number of aromatic nitrogens is 2. The number of nitrogens with two attached hydrogens (primary N) is 1. The Hall–Kier alpha value is -1.90. The van der Waals surface area contributed by atoms with Crippen molar-refractivity contribution in [1.82, 2.24) is 9.97 Å². The van der Waals surface area contributed by atoms with E-state index in [1.165, 1.54) is 59.3 Å². The maximum Gasteiger partial charge on any atom is 0.190 e. The van der Waals surface area contributed by atoms with Gasteiger partial charge in [-0.25, -0.2) is 14.4 Å². The van der Waals surface area contributed by atoms with Gasteiger partial charge in [0, 0.05) is 10.6 Å². The Balaban J connectivity index is 1.39. The zero-order chi connectivity index (χ0) is 18.8. The van der Waals surface area contributed by atoms with Crippen LogP contribution in [-0.2, 0) is 12.8 Å². The Labute approximate surface area is 164 Å². The van der Waals surface area contributed by atoms with E-state index in [1.54, 1.807) is 11.3 Å². The Morgan fingerprint density at radius 3 is 2.81 bits per heavy atom. The predicted molar refractivity (Wildman–Crippen MR) is 107 cm³/mol. The molecule has 4 rings (SSSR count). The van der Waals surface area contributed by atoms with Gasteiger partial charge in [0.2, 0.25) is 0 Å². The summed E-state index contributed by atoms with van der Waals surface area (Å²) < 4.78 is 18.3. The smallest absolute Gasteiger partial charge is 0.190 e. The van der Waals surface area contributed by atoms with E-state index in [0.717, 1.165) is 23.1 Å². The van der Waals surface area contributed by atoms with E-state index in [2.05, 4.69) is 9.97 Å². The highest BCUT2D eigenvalue weighted by Crippen LogP contribution is 2.38. The number of nitrogen functional groups attached to an aromatic ring is 1. The van der Waals surface area contributed by atoms with Crippen LogP contribution in [0.4, 0.5) is 10.2 Å². The van der Waals surface area contributed by atoms with Crippen molar-refractivity contribution in [3.05, 3.63) is 40.5 Å². The van der Waals surface area contributed by atoms with Crippen LogP contribution in [0.1, 0.15) is 23.3 Å². The van der Waals surface area contributed by atoms with Crippen LogP contribution >= 0.6 is 23.1 Å². The van der Waals surface area contributed by atoms with Crippen molar-refractivity contribution in [1.29, 1.82) is 0 Å². The van der Waals surface area contributed by atoms with Gasteiger partial charge in [0.15, 0.2) is 5.16 Å². The van der Waals surface area contributed by atoms with Crippen LogP contribution in [0.15, 0.2) is 29.4 Å². The first-order valence-electron chi connectivity index (χ1n) is 8.87. The maximum atomic E-state index is 12.9. The lowest BCUT2D eigenvalue weighted by Crippen LogP contribution is -2.20. The van der Waals surface area contributed by atoms with Gasteiger partial charge in [0.05, 0.1) is 11.5 Å². The van der Waals surface area contributed by atoms with E-state index >= 15 is 0 Å². The highest BCUT2D eigenvalue weighted by molar-refractivity contribution is 7.99. The molecule has 0 amide bonds. The van der Waals surface area contributed by atoms with Gasteiger partial charge in [-0.05, 0) is 55.5 Å². The highest BCUT2D eigenvalue weighted by Gasteiger charge is 2.20. The molecule has 2 aromatic heterocycles. The lowest BCUT2D eigenvalue weighted by Gasteiger charge is -2.12. The average Bonchev–Trinajstić information content (AvgIpc) is 3.05. The van der Waals surface area contributed by atoms with Gasteiger partial charge in [0.1, 0.15) is 28.8 Å². The number of rotatable bonds is 6. The number of halogens is 1. The minimum atomic E-state index is -0.697. The van der Waals surface area contributed by atoms with Crippen molar-refractivity contribution in [3.63, 3.8) is 0 Å². The second-order valence-electron chi connectivity index (χ2n) is 6.51. The number of thiophene rings is 1. The molecule has 2 heterocycles. The van der Waals surface area contributed by atoms with Crippen LogP contribution in [0.25, 0.3) is 10.2 Å². The fraction of sp³-hybridized carbons (Fsp3) is 0.368. The van der Waals surface area contributed by atoms with E-state index in [0.29, 0.717) is 22.5 Å². The molecular weight excluding hydrogens is 385 g/mol. The summed E-state index contributed by atoms with van der Waals surface area (Å²) in [5.74, 6) is 1.11. The second kappa shape index (κ2) is 8.00. The molecule has 1 atom stereocenters. The van der Waals surface area contributed by atoms with Crippen LogP contribution in [0.2, 0.25) is 0 Å². The summed E-state index contributed by atoms with van der Waals surface area (Å²) in [6.07, 6.45) is 3.86. The third kappa shape index (κ3) is 4.17. The monoisotopic (exact) mass is 405 g/mol. The van der Waals surface area contributed by atoms with Crippen molar-refractivity contribution in [2.24, 2.45) is 0 Å². The molecule has 0 saturated heterocycles. The number of nitrogens with zero attached hydrogens (tertiary/aromatic N) is 2. The number of fused-ring (bicyclic) bond motifs is 3. The average molecular weight is 406 g/mol. The molecule has 0 spiro atoms. The summed E-state index contributed by atoms with van der Waals surface area (Å²) in [6.45, 7) is 0.115. The molecule has 1 aromatic carbocycles. The quantitative estimate of drug-likeness (QED) is 0.479. The van der Waals surface area contributed by atoms with Gasteiger partial charge in [0.25, 0.3) is 0 Å². The minimum Gasteiger partial charge on any atom is -0.491 e. The van der Waals surface area contributed by atoms with E-state index in [-0.39, 0.29) is 12.4 Å². The van der Waals surface area contributed by atoms with Crippen molar-refractivity contribution < 1.29 is 14.2 Å². The maximum absolute atomic E-state index is 12.9. The number of ether oxygens (including phenoxy) is 1. The van der Waals surface area contributed by atoms with Crippen molar-refractivity contribution in [2.75, 3.05) is 18.1 Å². The number of hydrogen-bond acceptors (Lipinski definition) is 7. The van der Waals surface area contributed by atoms with Crippen molar-refractivity contribution in [3.8, 4) is 5.75 Å². The first-order valence-corrected chi connectivity index (χ1v) is 10.7. The zero-order valence-electron chi connectivity index (χ0n) is 14.7. The normalized spacial score (nSPS) is 14.9. The molecule has 1 unspecified atom stereocenters. The summed E-state index contributed by atoms with van der Waals surface area (Å²) in [5, 5.41) is 11.7. The van der Waals surface area contributed by atoms with E-state index in [1.807, 2.05) is 0 Å². The number of benzene rings is 1. The first-order chi connectivity index (χ1) is 13.1. The third-order valence-electron chi connectivity index (χ3n) is 4.48. The summed E-state index contributed by atoms with van der Waals surface area (Å²) in [4.78, 5) is 11.4. The van der Waals surface area contributed by atoms with E-state index < -0.39 is 6.10 Å². The molecule has 3 N–H and O–H groups in total. The molecule has 0 radical (unpaired) electrons. The Morgan fingerprint density at radius 1 is 1.22 bits per heavy atom. The number of aliphatic hydroxyl groups excluding tert-OH is 1. The second-order valence-corrected chi connectivity index (χ2v) is 8.58. The lowest BCUT2D eigenvalue weighted by atomic mass is 9.97. The Bertz CT molecular complexity index is 946. The van der Waals surface area contributed by atoms with Crippen LogP contribution < -0.4 is 10.5 Å². The Morgan fingerprint density at radius 2 is 2.00 bits per heavy atom. The molecule has 142 valence electrons. The molecule has 1 aliphatic rings. The largest absolute Gasteiger partial charge is 0.491 e.